The van der Waals surface area contributed by atoms with Crippen LogP contribution in [0.4, 0.5) is 0 Å². The summed E-state index contributed by atoms with van der Waals surface area (Å²) in [5.41, 5.74) is 13.5. The Morgan fingerprint density at radius 2 is 1.55 bits per heavy atom. The van der Waals surface area contributed by atoms with E-state index < -0.39 is 5.41 Å². The minimum Gasteiger partial charge on any atom is -0.369 e. The average molecular weight is 295 g/mol. The number of likely N-dealkylation sites (tertiary alicyclic amines) is 1. The number of rotatable bonds is 4. The van der Waals surface area contributed by atoms with E-state index in [2.05, 4.69) is 29.2 Å². The van der Waals surface area contributed by atoms with Crippen molar-refractivity contribution >= 4 is 5.91 Å². The van der Waals surface area contributed by atoms with E-state index in [9.17, 15) is 4.79 Å². The summed E-state index contributed by atoms with van der Waals surface area (Å²) in [7, 11) is 0. The molecule has 1 amide bonds. The highest BCUT2D eigenvalue weighted by Gasteiger charge is 2.54. The van der Waals surface area contributed by atoms with E-state index in [0.29, 0.717) is 6.54 Å². The van der Waals surface area contributed by atoms with Crippen LogP contribution in [-0.4, -0.2) is 23.5 Å². The Hall–Kier alpha value is -2.17. The molecule has 2 atom stereocenters. The van der Waals surface area contributed by atoms with E-state index in [0.717, 1.165) is 11.1 Å². The van der Waals surface area contributed by atoms with Gasteiger partial charge in [-0.3, -0.25) is 9.69 Å². The number of carbonyl (C=O) groups excluding carboxylic acids is 1. The van der Waals surface area contributed by atoms with Crippen molar-refractivity contribution in [2.45, 2.75) is 19.1 Å². The van der Waals surface area contributed by atoms with Crippen molar-refractivity contribution in [2.24, 2.45) is 16.9 Å². The molecule has 0 aliphatic carbocycles. The lowest BCUT2D eigenvalue weighted by Gasteiger charge is -2.55. The van der Waals surface area contributed by atoms with Gasteiger partial charge < -0.3 is 11.5 Å². The lowest BCUT2D eigenvalue weighted by atomic mass is 9.75. The number of hydrogen-bond acceptors (Lipinski definition) is 3. The Balaban J connectivity index is 1.97. The zero-order chi connectivity index (χ0) is 15.7. The molecule has 1 aliphatic heterocycles. The molecule has 0 bridgehead atoms. The van der Waals surface area contributed by atoms with Gasteiger partial charge in [-0.25, -0.2) is 0 Å². The van der Waals surface area contributed by atoms with Crippen LogP contribution in [0.1, 0.15) is 24.1 Å². The Kier molecular flexibility index (Phi) is 3.72. The summed E-state index contributed by atoms with van der Waals surface area (Å²) in [6, 6.07) is 20.4. The summed E-state index contributed by atoms with van der Waals surface area (Å²) in [6.45, 7) is 2.40. The van der Waals surface area contributed by atoms with Crippen LogP contribution < -0.4 is 11.5 Å². The molecule has 0 aromatic heterocycles. The molecule has 0 spiro atoms. The number of carbonyl (C=O) groups is 1. The van der Waals surface area contributed by atoms with Gasteiger partial charge in [0.25, 0.3) is 0 Å². The second kappa shape index (κ2) is 5.55. The Morgan fingerprint density at radius 3 is 1.91 bits per heavy atom. The molecule has 1 saturated heterocycles. The Bertz CT molecular complexity index is 619. The van der Waals surface area contributed by atoms with E-state index in [1.165, 1.54) is 0 Å². The van der Waals surface area contributed by atoms with Gasteiger partial charge in [0.1, 0.15) is 0 Å². The molecule has 4 heteroatoms. The highest BCUT2D eigenvalue weighted by molar-refractivity contribution is 5.82. The molecule has 2 aromatic carbocycles. The molecule has 2 aromatic rings. The zero-order valence-electron chi connectivity index (χ0n) is 12.6. The van der Waals surface area contributed by atoms with Crippen molar-refractivity contribution in [3.05, 3.63) is 71.8 Å². The predicted octanol–water partition coefficient (Wildman–Crippen LogP) is 1.87. The summed E-state index contributed by atoms with van der Waals surface area (Å²) in [5, 5.41) is 0. The summed E-state index contributed by atoms with van der Waals surface area (Å²) < 4.78 is 0. The van der Waals surface area contributed by atoms with E-state index in [4.69, 9.17) is 11.5 Å². The molecule has 22 heavy (non-hydrogen) atoms. The lowest BCUT2D eigenvalue weighted by Crippen LogP contribution is -2.72. The van der Waals surface area contributed by atoms with Gasteiger partial charge in [0.15, 0.2) is 0 Å². The molecule has 3 rings (SSSR count). The summed E-state index contributed by atoms with van der Waals surface area (Å²) in [4.78, 5) is 13.8. The summed E-state index contributed by atoms with van der Waals surface area (Å²) in [6.07, 6.45) is -0.379. The number of primary amides is 1. The minimum atomic E-state index is -0.665. The maximum Gasteiger partial charge on any atom is 0.227 e. The second-order valence-electron chi connectivity index (χ2n) is 6.12. The molecule has 2 unspecified atom stereocenters. The quantitative estimate of drug-likeness (QED) is 0.904. The smallest absolute Gasteiger partial charge is 0.227 e. The van der Waals surface area contributed by atoms with Crippen molar-refractivity contribution in [1.82, 2.24) is 4.90 Å². The van der Waals surface area contributed by atoms with E-state index >= 15 is 0 Å². The van der Waals surface area contributed by atoms with Gasteiger partial charge in [-0.05, 0) is 18.1 Å². The van der Waals surface area contributed by atoms with Crippen LogP contribution in [0.15, 0.2) is 60.7 Å². The first-order chi connectivity index (χ1) is 10.5. The van der Waals surface area contributed by atoms with Crippen LogP contribution in [0.5, 0.6) is 0 Å². The Labute approximate surface area is 130 Å². The van der Waals surface area contributed by atoms with Crippen LogP contribution in [0.2, 0.25) is 0 Å². The third-order valence-electron chi connectivity index (χ3n) is 4.65. The highest BCUT2D eigenvalue weighted by atomic mass is 16.1. The van der Waals surface area contributed by atoms with Gasteiger partial charge in [0.2, 0.25) is 5.91 Å². The molecule has 4 N–H and O–H groups in total. The monoisotopic (exact) mass is 295 g/mol. The van der Waals surface area contributed by atoms with Gasteiger partial charge in [0.05, 0.1) is 17.6 Å². The van der Waals surface area contributed by atoms with Crippen molar-refractivity contribution in [2.75, 3.05) is 6.54 Å². The fraction of sp³-hybridized carbons (Fsp3) is 0.278. The predicted molar refractivity (Wildman–Crippen MR) is 86.7 cm³/mol. The zero-order valence-corrected chi connectivity index (χ0v) is 12.6. The largest absolute Gasteiger partial charge is 0.369 e. The van der Waals surface area contributed by atoms with Crippen LogP contribution in [0.3, 0.4) is 0 Å². The first kappa shape index (κ1) is 14.8. The van der Waals surface area contributed by atoms with Crippen LogP contribution >= 0.6 is 0 Å². The standard InChI is InChI=1S/C18H21N3O/c1-18(17(20)22)12-21(16(18)19)15(13-8-4-2-5-9-13)14-10-6-3-7-11-14/h2-11,15-16H,12,19H2,1H3,(H2,20,22). The number of nitrogens with zero attached hydrogens (tertiary/aromatic N) is 1. The SMILES string of the molecule is CC1(C(N)=O)CN(C(c2ccccc2)c2ccccc2)C1N. The first-order valence-corrected chi connectivity index (χ1v) is 7.45. The van der Waals surface area contributed by atoms with Crippen LogP contribution in [-0.2, 0) is 4.79 Å². The molecule has 0 radical (unpaired) electrons. The summed E-state index contributed by atoms with van der Waals surface area (Å²) >= 11 is 0. The van der Waals surface area contributed by atoms with E-state index in [1.807, 2.05) is 43.3 Å². The van der Waals surface area contributed by atoms with E-state index in [-0.39, 0.29) is 18.1 Å². The van der Waals surface area contributed by atoms with Crippen molar-refractivity contribution < 1.29 is 4.79 Å². The number of hydrogen-bond donors (Lipinski definition) is 2. The third kappa shape index (κ3) is 2.30. The van der Waals surface area contributed by atoms with Crippen LogP contribution in [0.25, 0.3) is 0 Å². The van der Waals surface area contributed by atoms with Crippen molar-refractivity contribution in [3.8, 4) is 0 Å². The van der Waals surface area contributed by atoms with Gasteiger partial charge in [0, 0.05) is 6.54 Å². The first-order valence-electron chi connectivity index (χ1n) is 7.45. The molecule has 4 nitrogen and oxygen atoms in total. The number of benzene rings is 2. The van der Waals surface area contributed by atoms with E-state index in [1.54, 1.807) is 0 Å². The molecule has 1 aliphatic rings. The van der Waals surface area contributed by atoms with Gasteiger partial charge in [-0.15, -0.1) is 0 Å². The maximum atomic E-state index is 11.7. The molecule has 0 saturated carbocycles. The Morgan fingerprint density at radius 1 is 1.09 bits per heavy atom. The molecule has 114 valence electrons. The van der Waals surface area contributed by atoms with Crippen molar-refractivity contribution in [3.63, 3.8) is 0 Å². The third-order valence-corrected chi connectivity index (χ3v) is 4.65. The van der Waals surface area contributed by atoms with Gasteiger partial charge in [-0.2, -0.15) is 0 Å². The lowest BCUT2D eigenvalue weighted by molar-refractivity contribution is -0.149. The molecular weight excluding hydrogens is 274 g/mol. The highest BCUT2D eigenvalue weighted by Crippen LogP contribution is 2.42. The normalized spacial score (nSPS) is 25.0. The molecule has 1 fully saturated rings. The molecular formula is C18H21N3O. The second-order valence-corrected chi connectivity index (χ2v) is 6.12. The fourth-order valence-corrected chi connectivity index (χ4v) is 3.15. The maximum absolute atomic E-state index is 11.7. The molecule has 1 heterocycles. The van der Waals surface area contributed by atoms with Crippen LogP contribution in [0, 0.1) is 5.41 Å². The number of amides is 1. The number of nitrogens with two attached hydrogens (primary N) is 2. The van der Waals surface area contributed by atoms with Gasteiger partial charge in [-0.1, -0.05) is 60.7 Å². The van der Waals surface area contributed by atoms with Crippen molar-refractivity contribution in [1.29, 1.82) is 0 Å². The minimum absolute atomic E-state index is 0.0322. The average Bonchev–Trinajstić information content (AvgIpc) is 2.55. The van der Waals surface area contributed by atoms with Gasteiger partial charge >= 0.3 is 0 Å². The topological polar surface area (TPSA) is 72.4 Å². The summed E-state index contributed by atoms with van der Waals surface area (Å²) in [5.74, 6) is -0.337. The fourth-order valence-electron chi connectivity index (χ4n) is 3.15.